The summed E-state index contributed by atoms with van der Waals surface area (Å²) in [6, 6.07) is 16.5. The van der Waals surface area contributed by atoms with Gasteiger partial charge in [-0.25, -0.2) is 4.98 Å². The molecule has 0 aliphatic heterocycles. The molecule has 0 atom stereocenters. The first-order valence-electron chi connectivity index (χ1n) is 6.97. The highest BCUT2D eigenvalue weighted by molar-refractivity contribution is 5.75. The van der Waals surface area contributed by atoms with Crippen LogP contribution in [0.15, 0.2) is 48.5 Å². The van der Waals surface area contributed by atoms with Crippen molar-refractivity contribution in [1.82, 2.24) is 9.55 Å². The molecule has 2 aromatic carbocycles. The van der Waals surface area contributed by atoms with E-state index in [0.717, 1.165) is 29.0 Å². The third kappa shape index (κ3) is 2.81. The summed E-state index contributed by atoms with van der Waals surface area (Å²) in [6.45, 7) is 3.22. The number of hydrogen-bond acceptors (Lipinski definition) is 2. The van der Waals surface area contributed by atoms with Crippen LogP contribution in [-0.4, -0.2) is 16.1 Å². The number of para-hydroxylation sites is 2. The Labute approximate surface area is 124 Å². The Bertz CT molecular complexity index is 834. The van der Waals surface area contributed by atoms with Crippen LogP contribution in [0, 0.1) is 18.8 Å². The van der Waals surface area contributed by atoms with Gasteiger partial charge in [-0.05, 0) is 36.8 Å². The lowest BCUT2D eigenvalue weighted by Crippen LogP contribution is -2.02. The molecular formula is C18H17N3. The van der Waals surface area contributed by atoms with E-state index in [1.807, 2.05) is 37.3 Å². The standard InChI is InChI=1S/C18H17N3/c1-14-20-17-9-2-3-10-18(17)21(14)13-16-7-4-6-15(12-16)8-5-11-19/h2-4,6-7,9-10,12H,11,13,19H2,1H3. The summed E-state index contributed by atoms with van der Waals surface area (Å²) in [4.78, 5) is 4.60. The number of benzene rings is 2. The van der Waals surface area contributed by atoms with E-state index in [9.17, 15) is 0 Å². The van der Waals surface area contributed by atoms with Crippen molar-refractivity contribution in [3.63, 3.8) is 0 Å². The number of rotatable bonds is 2. The zero-order valence-electron chi connectivity index (χ0n) is 12.0. The fraction of sp³-hybridized carbons (Fsp3) is 0.167. The van der Waals surface area contributed by atoms with Crippen LogP contribution < -0.4 is 5.73 Å². The molecule has 104 valence electrons. The molecule has 1 heterocycles. The highest BCUT2D eigenvalue weighted by Gasteiger charge is 2.07. The molecule has 0 radical (unpaired) electrons. The molecule has 0 bridgehead atoms. The monoisotopic (exact) mass is 275 g/mol. The van der Waals surface area contributed by atoms with Gasteiger partial charge in [0.2, 0.25) is 0 Å². The molecule has 3 nitrogen and oxygen atoms in total. The van der Waals surface area contributed by atoms with Gasteiger partial charge in [0.15, 0.2) is 0 Å². The van der Waals surface area contributed by atoms with Gasteiger partial charge < -0.3 is 10.3 Å². The highest BCUT2D eigenvalue weighted by atomic mass is 15.1. The van der Waals surface area contributed by atoms with Gasteiger partial charge in [-0.15, -0.1) is 0 Å². The van der Waals surface area contributed by atoms with E-state index in [2.05, 4.69) is 39.6 Å². The molecule has 0 saturated heterocycles. The Hall–Kier alpha value is -2.57. The van der Waals surface area contributed by atoms with Gasteiger partial charge in [-0.3, -0.25) is 0 Å². The van der Waals surface area contributed by atoms with Gasteiger partial charge in [0, 0.05) is 12.1 Å². The normalized spacial score (nSPS) is 10.4. The van der Waals surface area contributed by atoms with E-state index in [0.29, 0.717) is 6.54 Å². The molecule has 2 N–H and O–H groups in total. The van der Waals surface area contributed by atoms with Crippen LogP contribution in [0.25, 0.3) is 11.0 Å². The summed E-state index contributed by atoms with van der Waals surface area (Å²) in [5, 5.41) is 0. The van der Waals surface area contributed by atoms with Gasteiger partial charge in [0.05, 0.1) is 17.6 Å². The average Bonchev–Trinajstić information content (AvgIpc) is 2.82. The van der Waals surface area contributed by atoms with Crippen molar-refractivity contribution in [2.45, 2.75) is 13.5 Å². The van der Waals surface area contributed by atoms with Crippen LogP contribution in [0.5, 0.6) is 0 Å². The topological polar surface area (TPSA) is 43.8 Å². The second-order valence-corrected chi connectivity index (χ2v) is 4.94. The maximum Gasteiger partial charge on any atom is 0.107 e. The van der Waals surface area contributed by atoms with Crippen LogP contribution in [-0.2, 0) is 6.54 Å². The Balaban J connectivity index is 1.97. The lowest BCUT2D eigenvalue weighted by Gasteiger charge is -2.07. The minimum Gasteiger partial charge on any atom is -0.324 e. The molecule has 3 heteroatoms. The van der Waals surface area contributed by atoms with Crippen LogP contribution in [0.1, 0.15) is 17.0 Å². The first-order valence-corrected chi connectivity index (χ1v) is 6.97. The first kappa shape index (κ1) is 13.4. The fourth-order valence-electron chi connectivity index (χ4n) is 2.48. The minimum atomic E-state index is 0.384. The largest absolute Gasteiger partial charge is 0.324 e. The van der Waals surface area contributed by atoms with Gasteiger partial charge in [0.25, 0.3) is 0 Å². The van der Waals surface area contributed by atoms with Crippen LogP contribution >= 0.6 is 0 Å². The molecule has 0 aliphatic rings. The molecule has 0 aliphatic carbocycles. The van der Waals surface area contributed by atoms with E-state index in [1.54, 1.807) is 0 Å². The molecule has 0 fully saturated rings. The average molecular weight is 275 g/mol. The summed E-state index contributed by atoms with van der Waals surface area (Å²) >= 11 is 0. The quantitative estimate of drug-likeness (QED) is 0.731. The number of aromatic nitrogens is 2. The molecule has 3 rings (SSSR count). The van der Waals surface area contributed by atoms with E-state index in [-0.39, 0.29) is 0 Å². The molecule has 21 heavy (non-hydrogen) atoms. The molecule has 0 unspecified atom stereocenters. The van der Waals surface area contributed by atoms with Crippen molar-refractivity contribution in [3.05, 3.63) is 65.5 Å². The van der Waals surface area contributed by atoms with Crippen molar-refractivity contribution >= 4 is 11.0 Å². The molecule has 0 saturated carbocycles. The number of imidazole rings is 1. The van der Waals surface area contributed by atoms with Gasteiger partial charge in [-0.1, -0.05) is 36.1 Å². The Kier molecular flexibility index (Phi) is 3.72. The number of hydrogen-bond donors (Lipinski definition) is 1. The van der Waals surface area contributed by atoms with E-state index in [4.69, 9.17) is 5.73 Å². The Morgan fingerprint density at radius 3 is 2.86 bits per heavy atom. The lowest BCUT2D eigenvalue weighted by atomic mass is 10.1. The predicted molar refractivity (Wildman–Crippen MR) is 85.9 cm³/mol. The number of aryl methyl sites for hydroxylation is 1. The SMILES string of the molecule is Cc1nc2ccccc2n1Cc1cccc(C#CCN)c1. The van der Waals surface area contributed by atoms with Crippen molar-refractivity contribution < 1.29 is 0 Å². The predicted octanol–water partition coefficient (Wildman–Crippen LogP) is 2.70. The van der Waals surface area contributed by atoms with E-state index >= 15 is 0 Å². The summed E-state index contributed by atoms with van der Waals surface area (Å²) in [7, 11) is 0. The third-order valence-electron chi connectivity index (χ3n) is 3.45. The molecular weight excluding hydrogens is 258 g/mol. The summed E-state index contributed by atoms with van der Waals surface area (Å²) < 4.78 is 2.23. The van der Waals surface area contributed by atoms with Gasteiger partial charge in [-0.2, -0.15) is 0 Å². The zero-order chi connectivity index (χ0) is 14.7. The third-order valence-corrected chi connectivity index (χ3v) is 3.45. The van der Waals surface area contributed by atoms with Crippen molar-refractivity contribution in [2.75, 3.05) is 6.54 Å². The lowest BCUT2D eigenvalue weighted by molar-refractivity contribution is 0.786. The second kappa shape index (κ2) is 5.82. The zero-order valence-corrected chi connectivity index (χ0v) is 12.0. The van der Waals surface area contributed by atoms with Gasteiger partial charge in [0.1, 0.15) is 5.82 Å². The van der Waals surface area contributed by atoms with Crippen LogP contribution in [0.3, 0.4) is 0 Å². The highest BCUT2D eigenvalue weighted by Crippen LogP contribution is 2.17. The molecule has 3 aromatic rings. The van der Waals surface area contributed by atoms with Crippen LogP contribution in [0.2, 0.25) is 0 Å². The van der Waals surface area contributed by atoms with Crippen molar-refractivity contribution in [3.8, 4) is 11.8 Å². The Morgan fingerprint density at radius 2 is 2.00 bits per heavy atom. The molecule has 0 amide bonds. The van der Waals surface area contributed by atoms with Crippen molar-refractivity contribution in [1.29, 1.82) is 0 Å². The minimum absolute atomic E-state index is 0.384. The van der Waals surface area contributed by atoms with E-state index < -0.39 is 0 Å². The van der Waals surface area contributed by atoms with E-state index in [1.165, 1.54) is 5.56 Å². The number of nitrogens with two attached hydrogens (primary N) is 1. The molecule has 0 spiro atoms. The smallest absolute Gasteiger partial charge is 0.107 e. The summed E-state index contributed by atoms with van der Waals surface area (Å²) in [6.07, 6.45) is 0. The maximum absolute atomic E-state index is 5.42. The fourth-order valence-corrected chi connectivity index (χ4v) is 2.48. The summed E-state index contributed by atoms with van der Waals surface area (Å²) in [5.41, 5.74) is 9.83. The number of fused-ring (bicyclic) bond motifs is 1. The number of nitrogens with zero attached hydrogens (tertiary/aromatic N) is 2. The first-order chi connectivity index (χ1) is 10.3. The van der Waals surface area contributed by atoms with Crippen molar-refractivity contribution in [2.24, 2.45) is 5.73 Å². The van der Waals surface area contributed by atoms with Gasteiger partial charge >= 0.3 is 0 Å². The second-order valence-electron chi connectivity index (χ2n) is 4.94. The Morgan fingerprint density at radius 1 is 1.14 bits per heavy atom. The maximum atomic E-state index is 5.42. The summed E-state index contributed by atoms with van der Waals surface area (Å²) in [5.74, 6) is 6.99. The molecule has 1 aromatic heterocycles. The van der Waals surface area contributed by atoms with Crippen LogP contribution in [0.4, 0.5) is 0 Å².